The quantitative estimate of drug-likeness (QED) is 0.574. The topological polar surface area (TPSA) is 109 Å². The highest BCUT2D eigenvalue weighted by Gasteiger charge is 2.41. The van der Waals surface area contributed by atoms with Gasteiger partial charge >= 0.3 is 0 Å². The minimum absolute atomic E-state index is 0.0617. The van der Waals surface area contributed by atoms with Crippen molar-refractivity contribution in [2.24, 2.45) is 5.92 Å². The van der Waals surface area contributed by atoms with Crippen molar-refractivity contribution >= 4 is 33.5 Å². The van der Waals surface area contributed by atoms with Crippen LogP contribution < -0.4 is 0 Å². The van der Waals surface area contributed by atoms with Crippen LogP contribution in [0.4, 0.5) is 0 Å². The van der Waals surface area contributed by atoms with Gasteiger partial charge in [0.1, 0.15) is 0 Å². The van der Waals surface area contributed by atoms with Gasteiger partial charge in [0, 0.05) is 37.9 Å². The summed E-state index contributed by atoms with van der Waals surface area (Å²) in [6.45, 7) is -0.212. The molecule has 0 radical (unpaired) electrons. The third-order valence-electron chi connectivity index (χ3n) is 3.38. The first-order valence-corrected chi connectivity index (χ1v) is 8.20. The summed E-state index contributed by atoms with van der Waals surface area (Å²) >= 11 is 0. The monoisotopic (exact) mass is 314 g/mol. The average Bonchev–Trinajstić information content (AvgIpc) is 2.73. The molecule has 9 heteroatoms. The summed E-state index contributed by atoms with van der Waals surface area (Å²) in [7, 11) is -2.10. The second-order valence-corrected chi connectivity index (χ2v) is 7.33. The third-order valence-corrected chi connectivity index (χ3v) is 4.21. The van der Waals surface area contributed by atoms with Crippen LogP contribution in [0.15, 0.2) is 11.6 Å². The summed E-state index contributed by atoms with van der Waals surface area (Å²) < 4.78 is 22.4. The molecule has 1 unspecified atom stereocenters. The zero-order valence-electron chi connectivity index (χ0n) is 11.5. The van der Waals surface area contributed by atoms with E-state index in [2.05, 4.69) is 0 Å². The van der Waals surface area contributed by atoms with Gasteiger partial charge in [0.15, 0.2) is 9.84 Å². The lowest BCUT2D eigenvalue weighted by atomic mass is 10.1. The maximum absolute atomic E-state index is 12.0. The molecule has 8 nitrogen and oxygen atoms in total. The molecular formula is C12H14N2O6S. The number of nitrogens with zero attached hydrogens (tertiary/aromatic N) is 2. The SMILES string of the molecule is CN1C(=O)CC(CN2C(=O)C=C(CS(C)(=O)=O)C2=O)C1=O. The van der Waals surface area contributed by atoms with Crippen LogP contribution in [-0.4, -0.2) is 67.4 Å². The summed E-state index contributed by atoms with van der Waals surface area (Å²) in [5.41, 5.74) is -0.118. The smallest absolute Gasteiger partial charge is 0.257 e. The van der Waals surface area contributed by atoms with Crippen molar-refractivity contribution in [1.82, 2.24) is 9.80 Å². The summed E-state index contributed by atoms with van der Waals surface area (Å²) in [5.74, 6) is -3.48. The van der Waals surface area contributed by atoms with Crippen molar-refractivity contribution < 1.29 is 27.6 Å². The van der Waals surface area contributed by atoms with E-state index in [-0.39, 0.29) is 24.4 Å². The molecule has 0 spiro atoms. The van der Waals surface area contributed by atoms with E-state index in [4.69, 9.17) is 0 Å². The highest BCUT2D eigenvalue weighted by atomic mass is 32.2. The van der Waals surface area contributed by atoms with E-state index in [9.17, 15) is 27.6 Å². The van der Waals surface area contributed by atoms with E-state index in [1.165, 1.54) is 7.05 Å². The Hall–Kier alpha value is -2.03. The van der Waals surface area contributed by atoms with Crippen LogP contribution >= 0.6 is 0 Å². The maximum Gasteiger partial charge on any atom is 0.257 e. The van der Waals surface area contributed by atoms with Crippen molar-refractivity contribution in [2.45, 2.75) is 6.42 Å². The van der Waals surface area contributed by atoms with E-state index in [1.54, 1.807) is 0 Å². The van der Waals surface area contributed by atoms with Gasteiger partial charge in [-0.25, -0.2) is 8.42 Å². The van der Waals surface area contributed by atoms with E-state index in [0.29, 0.717) is 0 Å². The van der Waals surface area contributed by atoms with Crippen LogP contribution in [0.1, 0.15) is 6.42 Å². The molecule has 0 bridgehead atoms. The largest absolute Gasteiger partial charge is 0.285 e. The normalized spacial score (nSPS) is 23.3. The number of likely N-dealkylation sites (tertiary alicyclic amines) is 1. The van der Waals surface area contributed by atoms with E-state index in [1.807, 2.05) is 0 Å². The second kappa shape index (κ2) is 5.06. The van der Waals surface area contributed by atoms with Crippen LogP contribution in [0.2, 0.25) is 0 Å². The lowest BCUT2D eigenvalue weighted by Gasteiger charge is -2.17. The molecule has 114 valence electrons. The molecule has 2 rings (SSSR count). The van der Waals surface area contributed by atoms with Gasteiger partial charge in [0.25, 0.3) is 11.8 Å². The van der Waals surface area contributed by atoms with Crippen molar-refractivity contribution in [2.75, 3.05) is 25.6 Å². The summed E-state index contributed by atoms with van der Waals surface area (Å²) in [6.07, 6.45) is 1.87. The van der Waals surface area contributed by atoms with Crippen molar-refractivity contribution in [3.63, 3.8) is 0 Å². The molecule has 1 atom stereocenters. The first kappa shape index (κ1) is 15.4. The minimum atomic E-state index is -3.44. The molecule has 0 aliphatic carbocycles. The molecule has 0 aromatic heterocycles. The second-order valence-electron chi connectivity index (χ2n) is 5.19. The predicted molar refractivity (Wildman–Crippen MR) is 70.4 cm³/mol. The fourth-order valence-electron chi connectivity index (χ4n) is 2.32. The Morgan fingerprint density at radius 2 is 1.86 bits per heavy atom. The van der Waals surface area contributed by atoms with Crippen molar-refractivity contribution in [3.8, 4) is 0 Å². The number of hydrogen-bond acceptors (Lipinski definition) is 6. The number of amides is 4. The molecule has 2 heterocycles. The Morgan fingerprint density at radius 3 is 2.33 bits per heavy atom. The van der Waals surface area contributed by atoms with E-state index >= 15 is 0 Å². The minimum Gasteiger partial charge on any atom is -0.285 e. The molecule has 1 saturated heterocycles. The van der Waals surface area contributed by atoms with Gasteiger partial charge in [-0.15, -0.1) is 0 Å². The predicted octanol–water partition coefficient (Wildman–Crippen LogP) is -1.67. The number of sulfone groups is 1. The van der Waals surface area contributed by atoms with Gasteiger partial charge in [-0.2, -0.15) is 0 Å². The van der Waals surface area contributed by atoms with Crippen molar-refractivity contribution in [3.05, 3.63) is 11.6 Å². The highest BCUT2D eigenvalue weighted by Crippen LogP contribution is 2.22. The number of rotatable bonds is 4. The number of imide groups is 2. The van der Waals surface area contributed by atoms with Crippen LogP contribution in [-0.2, 0) is 29.0 Å². The average molecular weight is 314 g/mol. The van der Waals surface area contributed by atoms with Gasteiger partial charge in [-0.05, 0) is 0 Å². The molecule has 2 aliphatic heterocycles. The lowest BCUT2D eigenvalue weighted by Crippen LogP contribution is -2.38. The van der Waals surface area contributed by atoms with Gasteiger partial charge in [-0.1, -0.05) is 0 Å². The van der Waals surface area contributed by atoms with Crippen LogP contribution in [0, 0.1) is 5.92 Å². The summed E-state index contributed by atoms with van der Waals surface area (Å²) in [5, 5.41) is 0. The standard InChI is InChI=1S/C12H14N2O6S/c1-13-9(15)3-7(11(13)17)5-14-10(16)4-8(12(14)18)6-21(2,19)20/h4,7H,3,5-6H2,1-2H3. The summed E-state index contributed by atoms with van der Waals surface area (Å²) in [4.78, 5) is 48.7. The Kier molecular flexibility index (Phi) is 3.70. The van der Waals surface area contributed by atoms with Gasteiger partial charge in [0.05, 0.1) is 11.7 Å². The first-order chi connectivity index (χ1) is 9.60. The fraction of sp³-hybridized carbons (Fsp3) is 0.500. The van der Waals surface area contributed by atoms with Crippen molar-refractivity contribution in [1.29, 1.82) is 0 Å². The molecule has 1 fully saturated rings. The maximum atomic E-state index is 12.0. The fourth-order valence-corrected chi connectivity index (χ4v) is 3.09. The Morgan fingerprint density at radius 1 is 1.24 bits per heavy atom. The van der Waals surface area contributed by atoms with E-state index < -0.39 is 39.2 Å². The third kappa shape index (κ3) is 3.02. The number of carbonyl (C=O) groups excluding carboxylic acids is 4. The highest BCUT2D eigenvalue weighted by molar-refractivity contribution is 7.90. The molecule has 0 saturated carbocycles. The number of carbonyl (C=O) groups is 4. The molecule has 4 amide bonds. The number of hydrogen-bond donors (Lipinski definition) is 0. The zero-order chi connectivity index (χ0) is 15.9. The Bertz CT molecular complexity index is 678. The Labute approximate surface area is 121 Å². The van der Waals surface area contributed by atoms with E-state index in [0.717, 1.165) is 22.1 Å². The van der Waals surface area contributed by atoms with Gasteiger partial charge < -0.3 is 0 Å². The van der Waals surface area contributed by atoms with Gasteiger partial charge in [-0.3, -0.25) is 29.0 Å². The van der Waals surface area contributed by atoms with Gasteiger partial charge in [0.2, 0.25) is 11.8 Å². The Balaban J connectivity index is 2.10. The van der Waals surface area contributed by atoms with Crippen LogP contribution in [0.25, 0.3) is 0 Å². The molecule has 0 N–H and O–H groups in total. The van der Waals surface area contributed by atoms with Crippen LogP contribution in [0.3, 0.4) is 0 Å². The lowest BCUT2D eigenvalue weighted by molar-refractivity contribution is -0.139. The molecule has 0 aromatic rings. The van der Waals surface area contributed by atoms with Crippen LogP contribution in [0.5, 0.6) is 0 Å². The molecule has 0 aromatic carbocycles. The molecular weight excluding hydrogens is 300 g/mol. The first-order valence-electron chi connectivity index (χ1n) is 6.14. The zero-order valence-corrected chi connectivity index (χ0v) is 12.3. The summed E-state index contributed by atoms with van der Waals surface area (Å²) in [6, 6.07) is 0. The molecule has 21 heavy (non-hydrogen) atoms. The molecule has 2 aliphatic rings.